The summed E-state index contributed by atoms with van der Waals surface area (Å²) in [7, 11) is 0. The largest absolute Gasteiger partial charge is 0.388 e. The Bertz CT molecular complexity index is 149. The van der Waals surface area contributed by atoms with Gasteiger partial charge in [-0.15, -0.1) is 6.58 Å². The molecule has 0 aliphatic heterocycles. The van der Waals surface area contributed by atoms with E-state index < -0.39 is 0 Å². The van der Waals surface area contributed by atoms with Crippen LogP contribution in [-0.4, -0.2) is 6.54 Å². The van der Waals surface area contributed by atoms with Gasteiger partial charge in [-0.1, -0.05) is 57.6 Å². The molecule has 0 bridgehead atoms. The zero-order valence-corrected chi connectivity index (χ0v) is 10.3. The molecule has 0 aromatic heterocycles. The standard InChI is InChI=1S/C14H27N/c1-3-5-6-7-8-9-10-11-12-14-15-13-4-2/h4,12,14-15H,2-3,5-11,13H2,1H3/b14-12+. The normalized spacial score (nSPS) is 10.7. The summed E-state index contributed by atoms with van der Waals surface area (Å²) < 4.78 is 0. The van der Waals surface area contributed by atoms with Gasteiger partial charge >= 0.3 is 0 Å². The van der Waals surface area contributed by atoms with E-state index in [4.69, 9.17) is 0 Å². The van der Waals surface area contributed by atoms with Crippen molar-refractivity contribution in [2.45, 2.75) is 58.3 Å². The molecule has 0 aliphatic rings. The van der Waals surface area contributed by atoms with Gasteiger partial charge < -0.3 is 5.32 Å². The van der Waals surface area contributed by atoms with Crippen LogP contribution >= 0.6 is 0 Å². The first-order valence-corrected chi connectivity index (χ1v) is 6.41. The molecule has 0 fully saturated rings. The van der Waals surface area contributed by atoms with Gasteiger partial charge in [0.1, 0.15) is 0 Å². The van der Waals surface area contributed by atoms with Crippen molar-refractivity contribution in [2.75, 3.05) is 6.54 Å². The van der Waals surface area contributed by atoms with Crippen molar-refractivity contribution in [3.05, 3.63) is 24.9 Å². The molecule has 0 heterocycles. The zero-order chi connectivity index (χ0) is 11.2. The van der Waals surface area contributed by atoms with Crippen molar-refractivity contribution in [1.82, 2.24) is 5.32 Å². The topological polar surface area (TPSA) is 12.0 Å². The first kappa shape index (κ1) is 14.3. The van der Waals surface area contributed by atoms with Crippen LogP contribution in [0.5, 0.6) is 0 Å². The maximum absolute atomic E-state index is 3.65. The average Bonchev–Trinajstić information content (AvgIpc) is 2.26. The van der Waals surface area contributed by atoms with Crippen molar-refractivity contribution < 1.29 is 0 Å². The first-order valence-electron chi connectivity index (χ1n) is 6.41. The molecule has 0 aromatic rings. The molecule has 1 N–H and O–H groups in total. The molecule has 0 aromatic carbocycles. The minimum absolute atomic E-state index is 0.869. The summed E-state index contributed by atoms with van der Waals surface area (Å²) in [6.07, 6.45) is 17.1. The maximum atomic E-state index is 3.65. The molecular weight excluding hydrogens is 182 g/mol. The summed E-state index contributed by atoms with van der Waals surface area (Å²) >= 11 is 0. The van der Waals surface area contributed by atoms with Crippen molar-refractivity contribution in [3.8, 4) is 0 Å². The minimum Gasteiger partial charge on any atom is -0.388 e. The average molecular weight is 209 g/mol. The monoisotopic (exact) mass is 209 g/mol. The number of allylic oxidation sites excluding steroid dienone is 1. The van der Waals surface area contributed by atoms with Gasteiger partial charge in [0.2, 0.25) is 0 Å². The number of hydrogen-bond donors (Lipinski definition) is 1. The van der Waals surface area contributed by atoms with Crippen LogP contribution in [-0.2, 0) is 0 Å². The second-order valence-corrected chi connectivity index (χ2v) is 4.01. The highest BCUT2D eigenvalue weighted by atomic mass is 14.8. The Morgan fingerprint density at radius 2 is 1.67 bits per heavy atom. The predicted octanol–water partition coefficient (Wildman–Crippen LogP) is 4.42. The lowest BCUT2D eigenvalue weighted by molar-refractivity contribution is 0.592. The quantitative estimate of drug-likeness (QED) is 0.392. The van der Waals surface area contributed by atoms with E-state index >= 15 is 0 Å². The van der Waals surface area contributed by atoms with Crippen LogP contribution in [0.4, 0.5) is 0 Å². The van der Waals surface area contributed by atoms with Gasteiger partial charge in [0, 0.05) is 6.54 Å². The van der Waals surface area contributed by atoms with Gasteiger partial charge in [0.15, 0.2) is 0 Å². The molecule has 15 heavy (non-hydrogen) atoms. The van der Waals surface area contributed by atoms with Crippen LogP contribution in [0.15, 0.2) is 24.9 Å². The fraction of sp³-hybridized carbons (Fsp3) is 0.714. The summed E-state index contributed by atoms with van der Waals surface area (Å²) in [6, 6.07) is 0. The summed E-state index contributed by atoms with van der Waals surface area (Å²) in [4.78, 5) is 0. The summed E-state index contributed by atoms with van der Waals surface area (Å²) in [5.74, 6) is 0. The van der Waals surface area contributed by atoms with E-state index in [-0.39, 0.29) is 0 Å². The summed E-state index contributed by atoms with van der Waals surface area (Å²) in [5, 5.41) is 3.16. The number of unbranched alkanes of at least 4 members (excludes halogenated alkanes) is 7. The third-order valence-electron chi connectivity index (χ3n) is 2.47. The van der Waals surface area contributed by atoms with E-state index in [1.807, 2.05) is 12.3 Å². The van der Waals surface area contributed by atoms with Gasteiger partial charge in [-0.3, -0.25) is 0 Å². The van der Waals surface area contributed by atoms with Crippen molar-refractivity contribution >= 4 is 0 Å². The Morgan fingerprint density at radius 3 is 2.33 bits per heavy atom. The molecule has 0 saturated heterocycles. The molecule has 88 valence electrons. The SMILES string of the molecule is C=CCN/C=C/CCCCCCCCC. The van der Waals surface area contributed by atoms with Crippen LogP contribution in [0.1, 0.15) is 58.3 Å². The Morgan fingerprint density at radius 1 is 1.00 bits per heavy atom. The van der Waals surface area contributed by atoms with E-state index in [9.17, 15) is 0 Å². The van der Waals surface area contributed by atoms with Gasteiger partial charge in [0.05, 0.1) is 0 Å². The molecule has 0 spiro atoms. The van der Waals surface area contributed by atoms with E-state index in [0.717, 1.165) is 6.54 Å². The Hall–Kier alpha value is -0.720. The van der Waals surface area contributed by atoms with Crippen LogP contribution in [0, 0.1) is 0 Å². The highest BCUT2D eigenvalue weighted by molar-refractivity contribution is 4.82. The van der Waals surface area contributed by atoms with Crippen molar-refractivity contribution in [1.29, 1.82) is 0 Å². The number of nitrogens with one attached hydrogen (secondary N) is 1. The van der Waals surface area contributed by atoms with E-state index in [2.05, 4.69) is 24.9 Å². The Kier molecular flexibility index (Phi) is 12.6. The van der Waals surface area contributed by atoms with E-state index in [1.54, 1.807) is 0 Å². The minimum atomic E-state index is 0.869. The molecule has 0 unspecified atom stereocenters. The highest BCUT2D eigenvalue weighted by Gasteiger charge is 1.88. The van der Waals surface area contributed by atoms with Crippen molar-refractivity contribution in [3.63, 3.8) is 0 Å². The second kappa shape index (κ2) is 13.3. The molecule has 1 nitrogen and oxygen atoms in total. The highest BCUT2D eigenvalue weighted by Crippen LogP contribution is 2.08. The van der Waals surface area contributed by atoms with Gasteiger partial charge in [-0.05, 0) is 19.0 Å². The van der Waals surface area contributed by atoms with Gasteiger partial charge in [-0.25, -0.2) is 0 Å². The molecule has 0 radical (unpaired) electrons. The zero-order valence-electron chi connectivity index (χ0n) is 10.3. The molecule has 0 rings (SSSR count). The molecular formula is C14H27N. The molecule has 0 aliphatic carbocycles. The first-order chi connectivity index (χ1) is 7.41. The van der Waals surface area contributed by atoms with Crippen LogP contribution in [0.2, 0.25) is 0 Å². The predicted molar refractivity (Wildman–Crippen MR) is 69.9 cm³/mol. The maximum Gasteiger partial charge on any atom is 0.0322 e. The summed E-state index contributed by atoms with van der Waals surface area (Å²) in [6.45, 7) is 6.78. The molecule has 0 atom stereocenters. The lowest BCUT2D eigenvalue weighted by Gasteiger charge is -1.99. The van der Waals surface area contributed by atoms with Crippen LogP contribution in [0.3, 0.4) is 0 Å². The Labute approximate surface area is 95.7 Å². The van der Waals surface area contributed by atoms with E-state index in [1.165, 1.54) is 51.4 Å². The van der Waals surface area contributed by atoms with Crippen molar-refractivity contribution in [2.24, 2.45) is 0 Å². The molecule has 0 saturated carbocycles. The smallest absolute Gasteiger partial charge is 0.0322 e. The fourth-order valence-electron chi connectivity index (χ4n) is 1.54. The third kappa shape index (κ3) is 13.3. The van der Waals surface area contributed by atoms with Crippen LogP contribution in [0.25, 0.3) is 0 Å². The molecule has 1 heteroatoms. The van der Waals surface area contributed by atoms with E-state index in [0.29, 0.717) is 0 Å². The van der Waals surface area contributed by atoms with Gasteiger partial charge in [-0.2, -0.15) is 0 Å². The molecule has 0 amide bonds. The fourth-order valence-corrected chi connectivity index (χ4v) is 1.54. The van der Waals surface area contributed by atoms with Crippen LogP contribution < -0.4 is 5.32 Å². The lowest BCUT2D eigenvalue weighted by atomic mass is 10.1. The third-order valence-corrected chi connectivity index (χ3v) is 2.47. The Balaban J connectivity index is 2.97. The lowest BCUT2D eigenvalue weighted by Crippen LogP contribution is -2.02. The number of rotatable bonds is 11. The number of hydrogen-bond acceptors (Lipinski definition) is 1. The summed E-state index contributed by atoms with van der Waals surface area (Å²) in [5.41, 5.74) is 0. The van der Waals surface area contributed by atoms with Gasteiger partial charge in [0.25, 0.3) is 0 Å². The second-order valence-electron chi connectivity index (χ2n) is 4.01.